The molecule has 2 rings (SSSR count). The van der Waals surface area contributed by atoms with Gasteiger partial charge in [-0.3, -0.25) is 4.79 Å². The molecule has 1 saturated heterocycles. The summed E-state index contributed by atoms with van der Waals surface area (Å²) in [6.07, 6.45) is 0.512. The van der Waals surface area contributed by atoms with Gasteiger partial charge < -0.3 is 10.0 Å². The molecule has 0 amide bonds. The molecular formula is C11H12FNO2. The van der Waals surface area contributed by atoms with E-state index in [0.29, 0.717) is 25.1 Å². The van der Waals surface area contributed by atoms with E-state index in [1.807, 2.05) is 0 Å². The van der Waals surface area contributed by atoms with E-state index in [2.05, 4.69) is 0 Å². The second-order valence-electron chi connectivity index (χ2n) is 4.14. The summed E-state index contributed by atoms with van der Waals surface area (Å²) in [6.45, 7) is 2.57. The van der Waals surface area contributed by atoms with E-state index in [4.69, 9.17) is 0 Å². The molecule has 0 atom stereocenters. The highest BCUT2D eigenvalue weighted by molar-refractivity contribution is 5.85. The number of rotatable bonds is 2. The molecule has 1 aromatic rings. The molecule has 0 unspecified atom stereocenters. The van der Waals surface area contributed by atoms with Crippen molar-refractivity contribution in [2.45, 2.75) is 12.5 Å². The molecule has 0 saturated carbocycles. The Morgan fingerprint density at radius 2 is 2.20 bits per heavy atom. The molecule has 0 spiro atoms. The lowest BCUT2D eigenvalue weighted by molar-refractivity contribution is 0.0309. The highest BCUT2D eigenvalue weighted by Crippen LogP contribution is 2.30. The van der Waals surface area contributed by atoms with Crippen LogP contribution in [0, 0.1) is 5.82 Å². The van der Waals surface area contributed by atoms with Gasteiger partial charge in [0.15, 0.2) is 6.29 Å². The molecule has 0 bridgehead atoms. The minimum atomic E-state index is -0.730. The fourth-order valence-electron chi connectivity index (χ4n) is 1.86. The summed E-state index contributed by atoms with van der Waals surface area (Å²) in [5.74, 6) is -0.519. The Bertz CT molecular complexity index is 396. The third-order valence-corrected chi connectivity index (χ3v) is 2.55. The quantitative estimate of drug-likeness (QED) is 0.744. The number of β-amino-alcohol motifs (C(OH)–C–C–N with tert-alkyl or cyclic N) is 1. The molecule has 1 fully saturated rings. The summed E-state index contributed by atoms with van der Waals surface area (Å²) in [5.41, 5.74) is -0.114. The number of hydrogen-bond donors (Lipinski definition) is 1. The van der Waals surface area contributed by atoms with Crippen LogP contribution < -0.4 is 4.90 Å². The fourth-order valence-corrected chi connectivity index (χ4v) is 1.86. The molecule has 0 radical (unpaired) electrons. The summed E-state index contributed by atoms with van der Waals surface area (Å²) >= 11 is 0. The van der Waals surface area contributed by atoms with Gasteiger partial charge in [-0.2, -0.15) is 0 Å². The van der Waals surface area contributed by atoms with Gasteiger partial charge in [-0.25, -0.2) is 4.39 Å². The Balaban J connectivity index is 2.30. The third-order valence-electron chi connectivity index (χ3n) is 2.55. The van der Waals surface area contributed by atoms with Crippen LogP contribution in [-0.4, -0.2) is 30.1 Å². The lowest BCUT2D eigenvalue weighted by Crippen LogP contribution is -2.60. The predicted octanol–water partition coefficient (Wildman–Crippen LogP) is 1.21. The topological polar surface area (TPSA) is 40.5 Å². The number of anilines is 1. The third kappa shape index (κ3) is 1.72. The van der Waals surface area contributed by atoms with Crippen molar-refractivity contribution in [1.29, 1.82) is 0 Å². The number of aldehydes is 1. The molecule has 3 nitrogen and oxygen atoms in total. The molecule has 0 aromatic heterocycles. The van der Waals surface area contributed by atoms with E-state index < -0.39 is 11.4 Å². The van der Waals surface area contributed by atoms with Crippen molar-refractivity contribution < 1.29 is 14.3 Å². The number of benzene rings is 1. The lowest BCUT2D eigenvalue weighted by atomic mass is 9.95. The lowest BCUT2D eigenvalue weighted by Gasteiger charge is -2.46. The van der Waals surface area contributed by atoms with Crippen molar-refractivity contribution >= 4 is 12.0 Å². The molecule has 1 aliphatic heterocycles. The van der Waals surface area contributed by atoms with Crippen molar-refractivity contribution in [3.05, 3.63) is 29.6 Å². The standard InChI is InChI=1S/C11H12FNO2/c1-11(15)6-13(7-11)10-4-2-3-9(12)8(10)5-14/h2-5,15H,6-7H2,1H3. The normalized spacial score (nSPS) is 18.5. The van der Waals surface area contributed by atoms with Gasteiger partial charge in [-0.1, -0.05) is 6.07 Å². The Kier molecular flexibility index (Phi) is 2.23. The maximum absolute atomic E-state index is 13.2. The highest BCUT2D eigenvalue weighted by Gasteiger charge is 2.37. The minimum Gasteiger partial charge on any atom is -0.386 e. The van der Waals surface area contributed by atoms with E-state index in [1.165, 1.54) is 6.07 Å². The number of halogens is 1. The maximum Gasteiger partial charge on any atom is 0.155 e. The zero-order chi connectivity index (χ0) is 11.1. The molecule has 80 valence electrons. The molecule has 0 aliphatic carbocycles. The van der Waals surface area contributed by atoms with E-state index in [0.717, 1.165) is 0 Å². The number of carbonyl (C=O) groups is 1. The Labute approximate surface area is 87.1 Å². The fraction of sp³-hybridized carbons (Fsp3) is 0.364. The summed E-state index contributed by atoms with van der Waals surface area (Å²) in [6, 6.07) is 4.50. The predicted molar refractivity (Wildman–Crippen MR) is 54.6 cm³/mol. The van der Waals surface area contributed by atoms with Crippen LogP contribution in [0.3, 0.4) is 0 Å². The van der Waals surface area contributed by atoms with Crippen LogP contribution in [0.5, 0.6) is 0 Å². The van der Waals surface area contributed by atoms with Crippen molar-refractivity contribution in [3.63, 3.8) is 0 Å². The summed E-state index contributed by atoms with van der Waals surface area (Å²) < 4.78 is 13.2. The molecule has 1 heterocycles. The molecular weight excluding hydrogens is 197 g/mol. The first-order valence-electron chi connectivity index (χ1n) is 4.74. The highest BCUT2D eigenvalue weighted by atomic mass is 19.1. The van der Waals surface area contributed by atoms with Gasteiger partial charge in [0.05, 0.1) is 16.9 Å². The molecule has 4 heteroatoms. The zero-order valence-corrected chi connectivity index (χ0v) is 8.40. The van der Waals surface area contributed by atoms with Crippen LogP contribution >= 0.6 is 0 Å². The smallest absolute Gasteiger partial charge is 0.155 e. The van der Waals surface area contributed by atoms with E-state index in [9.17, 15) is 14.3 Å². The Morgan fingerprint density at radius 1 is 1.53 bits per heavy atom. The largest absolute Gasteiger partial charge is 0.386 e. The van der Waals surface area contributed by atoms with Crippen LogP contribution in [0.1, 0.15) is 17.3 Å². The second-order valence-corrected chi connectivity index (χ2v) is 4.14. The van der Waals surface area contributed by atoms with E-state index >= 15 is 0 Å². The van der Waals surface area contributed by atoms with Gasteiger partial charge in [0.25, 0.3) is 0 Å². The van der Waals surface area contributed by atoms with Gasteiger partial charge in [0.1, 0.15) is 5.82 Å². The first-order chi connectivity index (χ1) is 7.03. The summed E-state index contributed by atoms with van der Waals surface area (Å²) in [4.78, 5) is 12.5. The van der Waals surface area contributed by atoms with Gasteiger partial charge in [-0.05, 0) is 19.1 Å². The van der Waals surface area contributed by atoms with E-state index in [-0.39, 0.29) is 5.56 Å². The SMILES string of the molecule is CC1(O)CN(c2cccc(F)c2C=O)C1. The molecule has 1 aliphatic rings. The maximum atomic E-state index is 13.2. The van der Waals surface area contributed by atoms with Crippen LogP contribution in [0.4, 0.5) is 10.1 Å². The monoisotopic (exact) mass is 209 g/mol. The number of hydrogen-bond acceptors (Lipinski definition) is 3. The summed E-state index contributed by atoms with van der Waals surface area (Å²) in [7, 11) is 0. The van der Waals surface area contributed by atoms with E-state index in [1.54, 1.807) is 24.0 Å². The average Bonchev–Trinajstić information content (AvgIpc) is 2.13. The molecule has 15 heavy (non-hydrogen) atoms. The molecule has 1 N–H and O–H groups in total. The van der Waals surface area contributed by atoms with Gasteiger partial charge in [0, 0.05) is 13.1 Å². The number of carbonyl (C=O) groups excluding carboxylic acids is 1. The van der Waals surface area contributed by atoms with Gasteiger partial charge in [0.2, 0.25) is 0 Å². The van der Waals surface area contributed by atoms with Crippen LogP contribution in [-0.2, 0) is 0 Å². The zero-order valence-electron chi connectivity index (χ0n) is 8.40. The van der Waals surface area contributed by atoms with Crippen molar-refractivity contribution in [1.82, 2.24) is 0 Å². The van der Waals surface area contributed by atoms with Gasteiger partial charge >= 0.3 is 0 Å². The first-order valence-corrected chi connectivity index (χ1v) is 4.74. The number of nitrogens with zero attached hydrogens (tertiary/aromatic N) is 1. The van der Waals surface area contributed by atoms with Crippen LogP contribution in [0.25, 0.3) is 0 Å². The first kappa shape index (κ1) is 10.1. The Morgan fingerprint density at radius 3 is 2.73 bits per heavy atom. The van der Waals surface area contributed by atoms with Crippen LogP contribution in [0.2, 0.25) is 0 Å². The Hall–Kier alpha value is -1.42. The van der Waals surface area contributed by atoms with Crippen molar-refractivity contribution in [2.24, 2.45) is 0 Å². The van der Waals surface area contributed by atoms with Crippen molar-refractivity contribution in [3.8, 4) is 0 Å². The van der Waals surface area contributed by atoms with Gasteiger partial charge in [-0.15, -0.1) is 0 Å². The average molecular weight is 209 g/mol. The second kappa shape index (κ2) is 3.31. The van der Waals surface area contributed by atoms with Crippen molar-refractivity contribution in [2.75, 3.05) is 18.0 Å². The number of aliphatic hydroxyl groups is 1. The minimum absolute atomic E-state index is 0.0630. The summed E-state index contributed by atoms with van der Waals surface area (Å²) in [5, 5.41) is 9.55. The van der Waals surface area contributed by atoms with Crippen LogP contribution in [0.15, 0.2) is 18.2 Å². The molecule has 1 aromatic carbocycles.